The van der Waals surface area contributed by atoms with Crippen LogP contribution in [-0.4, -0.2) is 12.6 Å². The molecule has 0 aliphatic rings. The van der Waals surface area contributed by atoms with Crippen LogP contribution in [0.1, 0.15) is 23.8 Å². The molecule has 1 atom stereocenters. The van der Waals surface area contributed by atoms with Crippen molar-refractivity contribution in [3.05, 3.63) is 56.7 Å². The minimum Gasteiger partial charge on any atom is -0.313 e. The molecule has 0 spiro atoms. The lowest BCUT2D eigenvalue weighted by molar-refractivity contribution is 0.507. The van der Waals surface area contributed by atoms with Crippen molar-refractivity contribution >= 4 is 27.3 Å². The summed E-state index contributed by atoms with van der Waals surface area (Å²) in [5, 5.41) is 5.83. The molecule has 0 aliphatic carbocycles. The predicted molar refractivity (Wildman–Crippen MR) is 88.0 cm³/mol. The Kier molecular flexibility index (Phi) is 6.08. The zero-order valence-electron chi connectivity index (χ0n) is 11.2. The molecule has 1 heterocycles. The van der Waals surface area contributed by atoms with E-state index in [1.807, 2.05) is 11.3 Å². The molecule has 0 saturated carbocycles. The summed E-state index contributed by atoms with van der Waals surface area (Å²) in [7, 11) is 0. The molecule has 1 aromatic heterocycles. The van der Waals surface area contributed by atoms with Gasteiger partial charge in [-0.3, -0.25) is 0 Å². The fraction of sp³-hybridized carbons (Fsp3) is 0.375. The maximum atomic E-state index is 3.67. The summed E-state index contributed by atoms with van der Waals surface area (Å²) in [5.74, 6) is 0. The van der Waals surface area contributed by atoms with Gasteiger partial charge >= 0.3 is 0 Å². The Morgan fingerprint density at radius 2 is 2.00 bits per heavy atom. The zero-order valence-corrected chi connectivity index (χ0v) is 13.6. The van der Waals surface area contributed by atoms with E-state index in [0.29, 0.717) is 6.04 Å². The van der Waals surface area contributed by atoms with Gasteiger partial charge in [-0.1, -0.05) is 37.3 Å². The van der Waals surface area contributed by atoms with Gasteiger partial charge in [-0.2, -0.15) is 0 Å². The molecule has 1 aromatic carbocycles. The van der Waals surface area contributed by atoms with Gasteiger partial charge in [-0.25, -0.2) is 0 Å². The number of hydrogen-bond donors (Lipinski definition) is 1. The Hall–Kier alpha value is -0.640. The second kappa shape index (κ2) is 7.83. The van der Waals surface area contributed by atoms with Crippen molar-refractivity contribution in [2.24, 2.45) is 0 Å². The molecule has 0 saturated heterocycles. The highest BCUT2D eigenvalue weighted by Crippen LogP contribution is 2.21. The fourth-order valence-electron chi connectivity index (χ4n) is 2.17. The Bertz CT molecular complexity index is 481. The molecule has 102 valence electrons. The molecule has 0 fully saturated rings. The van der Waals surface area contributed by atoms with Crippen LogP contribution in [0, 0.1) is 0 Å². The van der Waals surface area contributed by atoms with Crippen LogP contribution < -0.4 is 5.32 Å². The van der Waals surface area contributed by atoms with Crippen molar-refractivity contribution in [3.63, 3.8) is 0 Å². The van der Waals surface area contributed by atoms with Gasteiger partial charge in [0.25, 0.3) is 0 Å². The number of benzene rings is 1. The maximum Gasteiger partial charge on any atom is 0.0285 e. The molecule has 0 aliphatic heterocycles. The van der Waals surface area contributed by atoms with Crippen LogP contribution in [0.25, 0.3) is 0 Å². The van der Waals surface area contributed by atoms with Crippen LogP contribution in [0.5, 0.6) is 0 Å². The first kappa shape index (κ1) is 14.8. The molecule has 1 nitrogen and oxygen atoms in total. The summed E-state index contributed by atoms with van der Waals surface area (Å²) in [6, 6.07) is 13.5. The summed E-state index contributed by atoms with van der Waals surface area (Å²) in [4.78, 5) is 1.44. The summed E-state index contributed by atoms with van der Waals surface area (Å²) >= 11 is 5.37. The van der Waals surface area contributed by atoms with E-state index in [0.717, 1.165) is 19.4 Å². The maximum absolute atomic E-state index is 3.67. The standard InChI is InChI=1S/C16H20BrNS/c1-2-8-18-15(9-13-6-4-3-5-7-13)11-16-10-14(17)12-19-16/h3-7,10,12,15,18H,2,8-9,11H2,1H3. The zero-order chi connectivity index (χ0) is 13.5. The number of hydrogen-bond acceptors (Lipinski definition) is 2. The minimum absolute atomic E-state index is 0.521. The quantitative estimate of drug-likeness (QED) is 0.774. The third-order valence-electron chi connectivity index (χ3n) is 3.08. The van der Waals surface area contributed by atoms with Crippen molar-refractivity contribution < 1.29 is 0 Å². The van der Waals surface area contributed by atoms with Crippen molar-refractivity contribution in [2.45, 2.75) is 32.2 Å². The van der Waals surface area contributed by atoms with Crippen LogP contribution >= 0.6 is 27.3 Å². The van der Waals surface area contributed by atoms with E-state index in [9.17, 15) is 0 Å². The Labute approximate surface area is 128 Å². The molecule has 1 unspecified atom stereocenters. The molecular weight excluding hydrogens is 318 g/mol. The smallest absolute Gasteiger partial charge is 0.0285 e. The van der Waals surface area contributed by atoms with Crippen LogP contribution in [0.2, 0.25) is 0 Å². The van der Waals surface area contributed by atoms with Crippen molar-refractivity contribution in [1.29, 1.82) is 0 Å². The third kappa shape index (κ3) is 5.09. The Morgan fingerprint density at radius 3 is 2.63 bits per heavy atom. The van der Waals surface area contributed by atoms with Gasteiger partial charge in [0, 0.05) is 20.8 Å². The lowest BCUT2D eigenvalue weighted by Gasteiger charge is -2.18. The second-order valence-corrected chi connectivity index (χ2v) is 6.69. The van der Waals surface area contributed by atoms with Crippen LogP contribution in [0.4, 0.5) is 0 Å². The Morgan fingerprint density at radius 1 is 1.21 bits per heavy atom. The molecule has 19 heavy (non-hydrogen) atoms. The average Bonchev–Trinajstić information content (AvgIpc) is 2.82. The first-order valence-corrected chi connectivity index (χ1v) is 8.45. The summed E-state index contributed by atoms with van der Waals surface area (Å²) < 4.78 is 1.20. The predicted octanol–water partition coefficient (Wildman–Crippen LogP) is 4.66. The summed E-state index contributed by atoms with van der Waals surface area (Å²) in [5.41, 5.74) is 1.41. The van der Waals surface area contributed by atoms with E-state index in [2.05, 4.69) is 69.9 Å². The van der Waals surface area contributed by atoms with E-state index < -0.39 is 0 Å². The van der Waals surface area contributed by atoms with E-state index in [1.165, 1.54) is 21.3 Å². The molecular formula is C16H20BrNS. The van der Waals surface area contributed by atoms with Crippen molar-refractivity contribution in [1.82, 2.24) is 5.32 Å². The van der Waals surface area contributed by atoms with Gasteiger partial charge in [0.05, 0.1) is 0 Å². The largest absolute Gasteiger partial charge is 0.313 e. The van der Waals surface area contributed by atoms with Gasteiger partial charge in [0.1, 0.15) is 0 Å². The van der Waals surface area contributed by atoms with Crippen LogP contribution in [-0.2, 0) is 12.8 Å². The molecule has 0 radical (unpaired) electrons. The summed E-state index contributed by atoms with van der Waals surface area (Å²) in [6.45, 7) is 3.30. The van der Waals surface area contributed by atoms with Gasteiger partial charge in [0.15, 0.2) is 0 Å². The first-order chi connectivity index (χ1) is 9.28. The van der Waals surface area contributed by atoms with E-state index >= 15 is 0 Å². The van der Waals surface area contributed by atoms with Gasteiger partial charge in [-0.05, 0) is 53.4 Å². The number of thiophene rings is 1. The SMILES string of the molecule is CCCNC(Cc1ccccc1)Cc1cc(Br)cs1. The number of nitrogens with one attached hydrogen (secondary N) is 1. The molecule has 0 bridgehead atoms. The lowest BCUT2D eigenvalue weighted by Crippen LogP contribution is -2.33. The average molecular weight is 338 g/mol. The highest BCUT2D eigenvalue weighted by Gasteiger charge is 2.11. The lowest BCUT2D eigenvalue weighted by atomic mass is 10.0. The highest BCUT2D eigenvalue weighted by molar-refractivity contribution is 9.10. The molecule has 2 aromatic rings. The van der Waals surface area contributed by atoms with E-state index in [4.69, 9.17) is 0 Å². The molecule has 1 N–H and O–H groups in total. The molecule has 0 amide bonds. The summed E-state index contributed by atoms with van der Waals surface area (Å²) in [6.07, 6.45) is 3.38. The second-order valence-electron chi connectivity index (χ2n) is 4.78. The molecule has 3 heteroatoms. The van der Waals surface area contributed by atoms with E-state index in [-0.39, 0.29) is 0 Å². The van der Waals surface area contributed by atoms with Crippen molar-refractivity contribution in [3.8, 4) is 0 Å². The van der Waals surface area contributed by atoms with Gasteiger partial charge in [0.2, 0.25) is 0 Å². The molecule has 2 rings (SSSR count). The number of rotatable bonds is 7. The topological polar surface area (TPSA) is 12.0 Å². The van der Waals surface area contributed by atoms with Crippen LogP contribution in [0.3, 0.4) is 0 Å². The van der Waals surface area contributed by atoms with Gasteiger partial charge < -0.3 is 5.32 Å². The minimum atomic E-state index is 0.521. The third-order valence-corrected chi connectivity index (χ3v) is 4.80. The highest BCUT2D eigenvalue weighted by atomic mass is 79.9. The normalized spacial score (nSPS) is 12.5. The van der Waals surface area contributed by atoms with Crippen molar-refractivity contribution in [2.75, 3.05) is 6.54 Å². The fourth-order valence-corrected chi connectivity index (χ4v) is 3.70. The van der Waals surface area contributed by atoms with Crippen LogP contribution in [0.15, 0.2) is 46.3 Å². The number of halogens is 1. The van der Waals surface area contributed by atoms with E-state index in [1.54, 1.807) is 0 Å². The van der Waals surface area contributed by atoms with Gasteiger partial charge in [-0.15, -0.1) is 11.3 Å². The monoisotopic (exact) mass is 337 g/mol. The first-order valence-electron chi connectivity index (χ1n) is 6.78. The Balaban J connectivity index is 1.99.